The van der Waals surface area contributed by atoms with Crippen molar-refractivity contribution < 1.29 is 4.92 Å². The van der Waals surface area contributed by atoms with Crippen molar-refractivity contribution in [2.45, 2.75) is 33.2 Å². The van der Waals surface area contributed by atoms with Crippen LogP contribution in [0.25, 0.3) is 0 Å². The Morgan fingerprint density at radius 1 is 1.55 bits per heavy atom. The highest BCUT2D eigenvalue weighted by molar-refractivity contribution is 7.09. The Kier molecular flexibility index (Phi) is 4.29. The van der Waals surface area contributed by atoms with Crippen LogP contribution < -0.4 is 5.32 Å². The van der Waals surface area contributed by atoms with Gasteiger partial charge < -0.3 is 5.32 Å². The average molecular weight is 292 g/mol. The van der Waals surface area contributed by atoms with Gasteiger partial charge in [-0.1, -0.05) is 6.92 Å². The zero-order chi connectivity index (χ0) is 14.7. The number of hydrogen-bond acceptors (Lipinski definition) is 6. The Morgan fingerprint density at radius 2 is 2.30 bits per heavy atom. The van der Waals surface area contributed by atoms with Crippen LogP contribution in [-0.4, -0.2) is 14.9 Å². The summed E-state index contributed by atoms with van der Waals surface area (Å²) >= 11 is 1.60. The van der Waals surface area contributed by atoms with E-state index in [1.54, 1.807) is 24.5 Å². The number of aryl methyl sites for hydroxylation is 2. The van der Waals surface area contributed by atoms with Crippen LogP contribution in [0.1, 0.15) is 36.2 Å². The first kappa shape index (κ1) is 14.4. The van der Waals surface area contributed by atoms with Crippen LogP contribution in [0.3, 0.4) is 0 Å². The number of nitro groups is 1. The number of pyridine rings is 1. The van der Waals surface area contributed by atoms with Crippen LogP contribution in [0.4, 0.5) is 11.5 Å². The van der Waals surface area contributed by atoms with Crippen molar-refractivity contribution in [1.29, 1.82) is 0 Å². The maximum absolute atomic E-state index is 11.1. The lowest BCUT2D eigenvalue weighted by atomic mass is 10.2. The maximum Gasteiger partial charge on any atom is 0.311 e. The first-order valence-corrected chi connectivity index (χ1v) is 7.21. The molecule has 7 heteroatoms. The summed E-state index contributed by atoms with van der Waals surface area (Å²) in [6, 6.07) is 1.39. The lowest BCUT2D eigenvalue weighted by Gasteiger charge is -2.12. The van der Waals surface area contributed by atoms with Gasteiger partial charge in [-0.3, -0.25) is 10.1 Å². The van der Waals surface area contributed by atoms with Gasteiger partial charge in [0, 0.05) is 17.6 Å². The number of thiazole rings is 1. The molecule has 0 bridgehead atoms. The Morgan fingerprint density at radius 3 is 2.90 bits per heavy atom. The summed E-state index contributed by atoms with van der Waals surface area (Å²) in [5, 5.41) is 17.1. The van der Waals surface area contributed by atoms with Crippen molar-refractivity contribution in [2.75, 3.05) is 5.32 Å². The molecular formula is C13H16N4O2S. The van der Waals surface area contributed by atoms with Gasteiger partial charge in [-0.05, 0) is 25.8 Å². The molecule has 0 saturated heterocycles. The number of nitrogens with one attached hydrogen (secondary N) is 1. The van der Waals surface area contributed by atoms with Crippen molar-refractivity contribution in [3.8, 4) is 0 Å². The zero-order valence-electron chi connectivity index (χ0n) is 11.6. The number of rotatable bonds is 5. The van der Waals surface area contributed by atoms with E-state index >= 15 is 0 Å². The topological polar surface area (TPSA) is 81.0 Å². The standard InChI is InChI=1S/C13H16N4O2S/c1-4-12-16-10(7-20-12)9(3)15-13-11(17(18)19)5-8(2)6-14-13/h5-7,9H,4H2,1-3H3,(H,14,15). The second kappa shape index (κ2) is 5.96. The molecule has 2 rings (SSSR count). The third-order valence-electron chi connectivity index (χ3n) is 2.87. The SMILES string of the molecule is CCc1nc(C(C)Nc2ncc(C)cc2[N+](=O)[O-])cs1. The molecule has 0 saturated carbocycles. The fraction of sp³-hybridized carbons (Fsp3) is 0.385. The smallest absolute Gasteiger partial charge is 0.311 e. The number of aromatic nitrogens is 2. The lowest BCUT2D eigenvalue weighted by molar-refractivity contribution is -0.384. The molecule has 0 radical (unpaired) electrons. The molecule has 1 unspecified atom stereocenters. The van der Waals surface area contributed by atoms with Gasteiger partial charge in [0.15, 0.2) is 0 Å². The first-order valence-electron chi connectivity index (χ1n) is 6.33. The summed E-state index contributed by atoms with van der Waals surface area (Å²) < 4.78 is 0. The minimum Gasteiger partial charge on any atom is -0.356 e. The quantitative estimate of drug-likeness (QED) is 0.674. The largest absolute Gasteiger partial charge is 0.356 e. The van der Waals surface area contributed by atoms with E-state index in [-0.39, 0.29) is 17.5 Å². The lowest BCUT2D eigenvalue weighted by Crippen LogP contribution is -2.10. The van der Waals surface area contributed by atoms with Gasteiger partial charge in [0.05, 0.1) is 21.7 Å². The van der Waals surface area contributed by atoms with Gasteiger partial charge in [-0.2, -0.15) is 0 Å². The monoisotopic (exact) mass is 292 g/mol. The molecule has 2 heterocycles. The predicted octanol–water partition coefficient (Wildman–Crippen LogP) is 3.49. The van der Waals surface area contributed by atoms with Crippen molar-refractivity contribution in [2.24, 2.45) is 0 Å². The molecular weight excluding hydrogens is 276 g/mol. The van der Waals surface area contributed by atoms with Crippen molar-refractivity contribution >= 4 is 22.8 Å². The Labute approximate surface area is 121 Å². The van der Waals surface area contributed by atoms with E-state index in [1.807, 2.05) is 19.2 Å². The predicted molar refractivity (Wildman–Crippen MR) is 79.2 cm³/mol. The van der Waals surface area contributed by atoms with Crippen molar-refractivity contribution in [3.63, 3.8) is 0 Å². The summed E-state index contributed by atoms with van der Waals surface area (Å²) in [4.78, 5) is 19.2. The first-order chi connectivity index (χ1) is 9.51. The molecule has 0 aliphatic rings. The Bertz CT molecular complexity index is 627. The van der Waals surface area contributed by atoms with Gasteiger partial charge in [-0.15, -0.1) is 11.3 Å². The maximum atomic E-state index is 11.1. The van der Waals surface area contributed by atoms with Gasteiger partial charge in [0.1, 0.15) is 0 Å². The van der Waals surface area contributed by atoms with E-state index in [1.165, 1.54) is 6.07 Å². The van der Waals surface area contributed by atoms with Crippen LogP contribution in [0.2, 0.25) is 0 Å². The van der Waals surface area contributed by atoms with Crippen LogP contribution in [0.15, 0.2) is 17.6 Å². The summed E-state index contributed by atoms with van der Waals surface area (Å²) in [5.74, 6) is 0.277. The molecule has 0 fully saturated rings. The molecule has 2 aromatic rings. The van der Waals surface area contributed by atoms with Gasteiger partial charge in [0.25, 0.3) is 0 Å². The molecule has 0 spiro atoms. The molecule has 2 aromatic heterocycles. The second-order valence-corrected chi connectivity index (χ2v) is 5.47. The highest BCUT2D eigenvalue weighted by Gasteiger charge is 2.18. The molecule has 0 aliphatic heterocycles. The minimum atomic E-state index is -0.423. The zero-order valence-corrected chi connectivity index (χ0v) is 12.4. The summed E-state index contributed by atoms with van der Waals surface area (Å²) in [6.45, 7) is 5.74. The molecule has 6 nitrogen and oxygen atoms in total. The fourth-order valence-corrected chi connectivity index (χ4v) is 2.61. The molecule has 106 valence electrons. The molecule has 0 aromatic carbocycles. The van der Waals surface area contributed by atoms with E-state index in [9.17, 15) is 10.1 Å². The van der Waals surface area contributed by atoms with E-state index in [0.717, 1.165) is 22.7 Å². The summed E-state index contributed by atoms with van der Waals surface area (Å²) in [7, 11) is 0. The third kappa shape index (κ3) is 3.11. The average Bonchev–Trinajstić information content (AvgIpc) is 2.89. The third-order valence-corrected chi connectivity index (χ3v) is 3.88. The van der Waals surface area contributed by atoms with Crippen molar-refractivity contribution in [3.05, 3.63) is 44.0 Å². The van der Waals surface area contributed by atoms with Gasteiger partial charge in [0.2, 0.25) is 5.82 Å². The number of anilines is 1. The van der Waals surface area contributed by atoms with Crippen molar-refractivity contribution in [1.82, 2.24) is 9.97 Å². The van der Waals surface area contributed by atoms with E-state index < -0.39 is 4.92 Å². The normalized spacial score (nSPS) is 12.2. The van der Waals surface area contributed by atoms with Gasteiger partial charge >= 0.3 is 5.69 Å². The fourth-order valence-electron chi connectivity index (χ4n) is 1.77. The Balaban J connectivity index is 2.23. The Hall–Kier alpha value is -2.02. The molecule has 0 aliphatic carbocycles. The summed E-state index contributed by atoms with van der Waals surface area (Å²) in [6.07, 6.45) is 2.50. The van der Waals surface area contributed by atoms with Crippen LogP contribution in [0, 0.1) is 17.0 Å². The van der Waals surface area contributed by atoms with E-state index in [0.29, 0.717) is 0 Å². The summed E-state index contributed by atoms with van der Waals surface area (Å²) in [5.41, 5.74) is 1.63. The highest BCUT2D eigenvalue weighted by atomic mass is 32.1. The minimum absolute atomic E-state index is 0.0113. The van der Waals surface area contributed by atoms with Crippen LogP contribution in [0.5, 0.6) is 0 Å². The van der Waals surface area contributed by atoms with Crippen LogP contribution >= 0.6 is 11.3 Å². The van der Waals surface area contributed by atoms with Crippen LogP contribution in [-0.2, 0) is 6.42 Å². The molecule has 20 heavy (non-hydrogen) atoms. The second-order valence-electron chi connectivity index (χ2n) is 4.52. The molecule has 0 amide bonds. The van der Waals surface area contributed by atoms with E-state index in [4.69, 9.17) is 0 Å². The highest BCUT2D eigenvalue weighted by Crippen LogP contribution is 2.27. The van der Waals surface area contributed by atoms with Gasteiger partial charge in [-0.25, -0.2) is 9.97 Å². The number of hydrogen-bond donors (Lipinski definition) is 1. The molecule has 1 atom stereocenters. The molecule has 1 N–H and O–H groups in total. The van der Waals surface area contributed by atoms with E-state index in [2.05, 4.69) is 15.3 Å². The number of nitrogens with zero attached hydrogens (tertiary/aromatic N) is 3.